The lowest BCUT2D eigenvalue weighted by Crippen LogP contribution is -2.49. The summed E-state index contributed by atoms with van der Waals surface area (Å²) in [6.07, 6.45) is -1.10. The third kappa shape index (κ3) is 4.59. The lowest BCUT2D eigenvalue weighted by Gasteiger charge is -2.23. The number of aromatic nitrogens is 1. The van der Waals surface area contributed by atoms with E-state index in [0.29, 0.717) is 22.2 Å². The van der Waals surface area contributed by atoms with Crippen LogP contribution in [0.1, 0.15) is 18.1 Å². The van der Waals surface area contributed by atoms with Gasteiger partial charge in [-0.2, -0.15) is 4.72 Å². The minimum Gasteiger partial charge on any atom is -0.449 e. The molecule has 37 heavy (non-hydrogen) atoms. The molecule has 1 aliphatic rings. The van der Waals surface area contributed by atoms with Crippen LogP contribution >= 0.6 is 0 Å². The lowest BCUT2D eigenvalue weighted by atomic mass is 10.0. The summed E-state index contributed by atoms with van der Waals surface area (Å²) in [6, 6.07) is 23.9. The molecule has 0 aliphatic carbocycles. The third-order valence-corrected chi connectivity index (χ3v) is 7.20. The SMILES string of the molecule is CCOC(=O)N1C(=O)C(NS(=O)(=O)c2cccc3cccnc23)N=C(c2ccccc2)c2ccccc21. The number of sulfonamides is 1. The van der Waals surface area contributed by atoms with Gasteiger partial charge in [0.05, 0.1) is 23.5 Å². The van der Waals surface area contributed by atoms with Gasteiger partial charge in [-0.05, 0) is 25.1 Å². The van der Waals surface area contributed by atoms with E-state index < -0.39 is 28.2 Å². The highest BCUT2D eigenvalue weighted by molar-refractivity contribution is 7.89. The van der Waals surface area contributed by atoms with E-state index in [4.69, 9.17) is 4.74 Å². The summed E-state index contributed by atoms with van der Waals surface area (Å²) in [7, 11) is -4.31. The molecule has 2 amide bonds. The standard InChI is InChI=1S/C27H22N4O5S/c1-2-36-27(33)31-21-15-7-6-14-20(21)23(18-10-4-3-5-11-18)29-25(26(31)32)30-37(34,35)22-16-8-12-19-13-9-17-28-24(19)22/h3-17,25,30H,2H2,1H3. The molecule has 1 aliphatic heterocycles. The average Bonchev–Trinajstić information content (AvgIpc) is 3.03. The van der Waals surface area contributed by atoms with Gasteiger partial charge in [0.15, 0.2) is 6.17 Å². The summed E-state index contributed by atoms with van der Waals surface area (Å²) in [6.45, 7) is 1.64. The summed E-state index contributed by atoms with van der Waals surface area (Å²) >= 11 is 0. The molecule has 0 spiro atoms. The van der Waals surface area contributed by atoms with Gasteiger partial charge in [-0.3, -0.25) is 14.8 Å². The molecule has 186 valence electrons. The van der Waals surface area contributed by atoms with Crippen LogP contribution in [0.3, 0.4) is 0 Å². The van der Waals surface area contributed by atoms with Crippen molar-refractivity contribution in [2.75, 3.05) is 11.5 Å². The Kier molecular flexibility index (Phi) is 6.51. The number of hydrogen-bond donors (Lipinski definition) is 1. The highest BCUT2D eigenvalue weighted by atomic mass is 32.2. The number of pyridine rings is 1. The Morgan fingerprint density at radius 3 is 2.49 bits per heavy atom. The summed E-state index contributed by atoms with van der Waals surface area (Å²) < 4.78 is 34.7. The maximum atomic E-state index is 13.7. The molecular weight excluding hydrogens is 492 g/mol. The number of para-hydroxylation sites is 2. The molecule has 0 bridgehead atoms. The Hall–Kier alpha value is -4.41. The zero-order valence-corrected chi connectivity index (χ0v) is 20.6. The highest BCUT2D eigenvalue weighted by Crippen LogP contribution is 2.30. The van der Waals surface area contributed by atoms with Crippen LogP contribution in [0.15, 0.2) is 101 Å². The molecule has 1 unspecified atom stereocenters. The van der Waals surface area contributed by atoms with Crippen molar-refractivity contribution in [3.05, 3.63) is 102 Å². The van der Waals surface area contributed by atoms with Crippen molar-refractivity contribution in [1.29, 1.82) is 0 Å². The first-order valence-corrected chi connectivity index (χ1v) is 13.0. The number of anilines is 1. The maximum Gasteiger partial charge on any atom is 0.421 e. The first-order chi connectivity index (χ1) is 17.9. The fraction of sp³-hybridized carbons (Fsp3) is 0.111. The summed E-state index contributed by atoms with van der Waals surface area (Å²) in [4.78, 5) is 36.2. The van der Waals surface area contributed by atoms with Gasteiger partial charge in [-0.15, -0.1) is 0 Å². The molecule has 0 radical (unpaired) electrons. The molecule has 2 heterocycles. The molecule has 0 saturated heterocycles. The van der Waals surface area contributed by atoms with Crippen LogP contribution in [0.5, 0.6) is 0 Å². The smallest absolute Gasteiger partial charge is 0.421 e. The fourth-order valence-corrected chi connectivity index (χ4v) is 5.40. The number of benzene rings is 3. The minimum absolute atomic E-state index is 0.0231. The van der Waals surface area contributed by atoms with Crippen LogP contribution < -0.4 is 9.62 Å². The topological polar surface area (TPSA) is 118 Å². The Balaban J connectivity index is 1.67. The molecule has 1 N–H and O–H groups in total. The molecular formula is C27H22N4O5S. The van der Waals surface area contributed by atoms with E-state index in [9.17, 15) is 18.0 Å². The number of rotatable bonds is 5. The van der Waals surface area contributed by atoms with Crippen LogP contribution in [-0.4, -0.2) is 43.9 Å². The number of ether oxygens (including phenoxy) is 1. The molecule has 9 nitrogen and oxygen atoms in total. The molecule has 0 saturated carbocycles. The number of hydrogen-bond acceptors (Lipinski definition) is 7. The number of carbonyl (C=O) groups is 2. The first-order valence-electron chi connectivity index (χ1n) is 11.5. The second-order valence-corrected chi connectivity index (χ2v) is 9.77. The van der Waals surface area contributed by atoms with Gasteiger partial charge in [0.1, 0.15) is 4.90 Å². The second kappa shape index (κ2) is 9.92. The first kappa shape index (κ1) is 24.3. The number of nitrogens with zero attached hydrogens (tertiary/aromatic N) is 3. The molecule has 4 aromatic rings. The van der Waals surface area contributed by atoms with Crippen molar-refractivity contribution >= 4 is 44.3 Å². The highest BCUT2D eigenvalue weighted by Gasteiger charge is 2.39. The van der Waals surface area contributed by atoms with E-state index in [2.05, 4.69) is 14.7 Å². The van der Waals surface area contributed by atoms with Gasteiger partial charge in [0.25, 0.3) is 5.91 Å². The maximum absolute atomic E-state index is 13.7. The van der Waals surface area contributed by atoms with Crippen LogP contribution in [-0.2, 0) is 19.6 Å². The molecule has 3 aromatic carbocycles. The van der Waals surface area contributed by atoms with Gasteiger partial charge < -0.3 is 4.74 Å². The van der Waals surface area contributed by atoms with Gasteiger partial charge in [0.2, 0.25) is 10.0 Å². The number of amides is 2. The van der Waals surface area contributed by atoms with Gasteiger partial charge in [0, 0.05) is 22.7 Å². The number of aliphatic imine (C=N–C) groups is 1. The van der Waals surface area contributed by atoms with Crippen molar-refractivity contribution in [2.24, 2.45) is 4.99 Å². The average molecular weight is 515 g/mol. The van der Waals surface area contributed by atoms with E-state index in [1.807, 2.05) is 6.07 Å². The van der Waals surface area contributed by atoms with Gasteiger partial charge in [-0.25, -0.2) is 18.1 Å². The van der Waals surface area contributed by atoms with E-state index in [0.717, 1.165) is 4.90 Å². The largest absolute Gasteiger partial charge is 0.449 e. The number of nitrogens with one attached hydrogen (secondary N) is 1. The van der Waals surface area contributed by atoms with Crippen molar-refractivity contribution in [2.45, 2.75) is 18.0 Å². The number of benzodiazepines with no additional fused rings is 1. The predicted octanol–water partition coefficient (Wildman–Crippen LogP) is 3.88. The molecule has 0 fully saturated rings. The van der Waals surface area contributed by atoms with Crippen molar-refractivity contribution in [3.8, 4) is 0 Å². The van der Waals surface area contributed by atoms with Gasteiger partial charge >= 0.3 is 6.09 Å². The Bertz CT molecular complexity index is 1630. The molecule has 1 aromatic heterocycles. The zero-order chi connectivity index (χ0) is 26.0. The predicted molar refractivity (Wildman–Crippen MR) is 139 cm³/mol. The van der Waals surface area contributed by atoms with Crippen molar-refractivity contribution in [3.63, 3.8) is 0 Å². The van der Waals surface area contributed by atoms with Gasteiger partial charge in [-0.1, -0.05) is 66.7 Å². The van der Waals surface area contributed by atoms with Crippen molar-refractivity contribution < 1.29 is 22.7 Å². The van der Waals surface area contributed by atoms with Crippen LogP contribution in [0.25, 0.3) is 10.9 Å². The summed E-state index contributed by atoms with van der Waals surface area (Å²) in [5, 5.41) is 0.617. The quantitative estimate of drug-likeness (QED) is 0.432. The normalized spacial score (nSPS) is 15.6. The third-order valence-electron chi connectivity index (χ3n) is 5.76. The summed E-state index contributed by atoms with van der Waals surface area (Å²) in [5.41, 5.74) is 1.95. The Labute approximate surface area is 213 Å². The zero-order valence-electron chi connectivity index (χ0n) is 19.7. The molecule has 5 rings (SSSR count). The fourth-order valence-electron chi connectivity index (χ4n) is 4.15. The van der Waals surface area contributed by atoms with Crippen molar-refractivity contribution in [1.82, 2.24) is 9.71 Å². The monoisotopic (exact) mass is 514 g/mol. The number of fused-ring (bicyclic) bond motifs is 2. The summed E-state index contributed by atoms with van der Waals surface area (Å²) in [5.74, 6) is -0.895. The van der Waals surface area contributed by atoms with E-state index in [-0.39, 0.29) is 22.7 Å². The minimum atomic E-state index is -4.31. The Morgan fingerprint density at radius 1 is 0.973 bits per heavy atom. The van der Waals surface area contributed by atoms with Crippen LogP contribution in [0.2, 0.25) is 0 Å². The lowest BCUT2D eigenvalue weighted by molar-refractivity contribution is -0.119. The molecule has 10 heteroatoms. The van der Waals surface area contributed by atoms with E-state index >= 15 is 0 Å². The second-order valence-electron chi connectivity index (χ2n) is 8.09. The number of imide groups is 1. The van der Waals surface area contributed by atoms with Crippen LogP contribution in [0, 0.1) is 0 Å². The van der Waals surface area contributed by atoms with E-state index in [1.165, 1.54) is 12.3 Å². The Morgan fingerprint density at radius 2 is 1.70 bits per heavy atom. The molecule has 1 atom stereocenters. The van der Waals surface area contributed by atoms with E-state index in [1.54, 1.807) is 79.7 Å². The number of carbonyl (C=O) groups excluding carboxylic acids is 2. The van der Waals surface area contributed by atoms with Crippen LogP contribution in [0.4, 0.5) is 10.5 Å².